The van der Waals surface area contributed by atoms with Gasteiger partial charge in [-0.15, -0.1) is 0 Å². The first-order valence-corrected chi connectivity index (χ1v) is 13.8. The minimum atomic E-state index is 0.906. The van der Waals surface area contributed by atoms with Crippen LogP contribution >= 0.6 is 0 Å². The van der Waals surface area contributed by atoms with Gasteiger partial charge in [-0.2, -0.15) is 0 Å². The number of fused-ring (bicyclic) bond motifs is 7. The topological polar surface area (TPSA) is 40.6 Å². The lowest BCUT2D eigenvalue weighted by Crippen LogP contribution is -2.04. The van der Waals surface area contributed by atoms with Crippen LogP contribution in [0.1, 0.15) is 0 Å². The monoisotopic (exact) mass is 525 g/mol. The molecule has 0 bridgehead atoms. The number of nitrogens with zero attached hydrogens (tertiary/aromatic N) is 5. The summed E-state index contributed by atoms with van der Waals surface area (Å²) < 4.78 is 6.99. The highest BCUT2D eigenvalue weighted by atomic mass is 15.2. The third-order valence-electron chi connectivity index (χ3n) is 8.07. The van der Waals surface area contributed by atoms with E-state index in [1.165, 1.54) is 5.39 Å². The van der Waals surface area contributed by atoms with Crippen LogP contribution in [0, 0.1) is 0 Å². The van der Waals surface area contributed by atoms with E-state index in [9.17, 15) is 0 Å². The van der Waals surface area contributed by atoms with Gasteiger partial charge in [-0.25, -0.2) is 4.98 Å². The Hall–Kier alpha value is -5.68. The van der Waals surface area contributed by atoms with E-state index in [1.54, 1.807) is 0 Å². The van der Waals surface area contributed by atoms with Gasteiger partial charge in [-0.05, 0) is 60.7 Å². The van der Waals surface area contributed by atoms with E-state index in [2.05, 4.69) is 135 Å². The number of hydrogen-bond acceptors (Lipinski definition) is 2. The van der Waals surface area contributed by atoms with Crippen LogP contribution in [0.2, 0.25) is 0 Å². The summed E-state index contributed by atoms with van der Waals surface area (Å²) in [5, 5.41) is 2.31. The molecule has 0 saturated carbocycles. The minimum Gasteiger partial charge on any atom is -0.306 e. The van der Waals surface area contributed by atoms with Crippen LogP contribution in [0.4, 0.5) is 0 Å². The summed E-state index contributed by atoms with van der Waals surface area (Å²) in [6.45, 7) is 0. The standard InChI is InChI=1S/C36H23N5/c1-3-13-25(14-4-1)39-30-20-11-21-37-35(30)36-32(39)23-31-34(38-36)27-17-8-10-19-29(27)41(31)33-22-24-12-7-9-18-28(24)40(33)26-15-5-2-6-16-26/h1-23H. The molecule has 0 fully saturated rings. The van der Waals surface area contributed by atoms with Gasteiger partial charge in [0, 0.05) is 28.3 Å². The van der Waals surface area contributed by atoms with Crippen molar-refractivity contribution in [3.05, 3.63) is 140 Å². The lowest BCUT2D eigenvalue weighted by Gasteiger charge is -2.14. The Morgan fingerprint density at radius 3 is 1.85 bits per heavy atom. The molecule has 0 aliphatic heterocycles. The molecular formula is C36H23N5. The first-order valence-electron chi connectivity index (χ1n) is 13.8. The summed E-state index contributed by atoms with van der Waals surface area (Å²) in [5.74, 6) is 1.07. The Labute approximate surface area is 235 Å². The highest BCUT2D eigenvalue weighted by Crippen LogP contribution is 2.38. The van der Waals surface area contributed by atoms with E-state index in [0.29, 0.717) is 0 Å². The van der Waals surface area contributed by atoms with E-state index >= 15 is 0 Å². The first kappa shape index (κ1) is 22.2. The Kier molecular flexibility index (Phi) is 4.55. The largest absolute Gasteiger partial charge is 0.306 e. The van der Waals surface area contributed by atoms with Crippen LogP contribution in [0.3, 0.4) is 0 Å². The minimum absolute atomic E-state index is 0.906. The van der Waals surface area contributed by atoms with Crippen LogP contribution in [-0.4, -0.2) is 23.7 Å². The quantitative estimate of drug-likeness (QED) is 0.232. The number of benzene rings is 4. The predicted molar refractivity (Wildman–Crippen MR) is 168 cm³/mol. The van der Waals surface area contributed by atoms with Crippen molar-refractivity contribution in [3.63, 3.8) is 0 Å². The van der Waals surface area contributed by atoms with Crippen LogP contribution in [-0.2, 0) is 0 Å². The number of aromatic nitrogens is 5. The molecule has 0 radical (unpaired) electrons. The van der Waals surface area contributed by atoms with Crippen molar-refractivity contribution >= 4 is 54.9 Å². The molecule has 5 nitrogen and oxygen atoms in total. The Morgan fingerprint density at radius 2 is 1.05 bits per heavy atom. The van der Waals surface area contributed by atoms with E-state index in [0.717, 1.165) is 66.7 Å². The van der Waals surface area contributed by atoms with Crippen LogP contribution in [0.25, 0.3) is 72.1 Å². The summed E-state index contributed by atoms with van der Waals surface area (Å²) in [6.07, 6.45) is 1.85. The maximum absolute atomic E-state index is 5.37. The summed E-state index contributed by atoms with van der Waals surface area (Å²) in [5.41, 5.74) is 10.4. The number of para-hydroxylation sites is 4. The molecule has 0 unspecified atom stereocenters. The molecule has 0 aliphatic carbocycles. The van der Waals surface area contributed by atoms with Gasteiger partial charge in [-0.3, -0.25) is 14.1 Å². The van der Waals surface area contributed by atoms with Crippen molar-refractivity contribution in [1.29, 1.82) is 0 Å². The molecule has 5 heteroatoms. The van der Waals surface area contributed by atoms with E-state index in [4.69, 9.17) is 9.97 Å². The summed E-state index contributed by atoms with van der Waals surface area (Å²) in [6, 6.07) is 46.9. The molecule has 5 aromatic heterocycles. The van der Waals surface area contributed by atoms with E-state index in [-0.39, 0.29) is 0 Å². The fraction of sp³-hybridized carbons (Fsp3) is 0. The predicted octanol–water partition coefficient (Wildman–Crippen LogP) is 8.61. The first-order chi connectivity index (χ1) is 20.4. The Bertz CT molecular complexity index is 2410. The smallest absolute Gasteiger partial charge is 0.123 e. The molecular weight excluding hydrogens is 502 g/mol. The van der Waals surface area contributed by atoms with Gasteiger partial charge in [0.1, 0.15) is 16.9 Å². The summed E-state index contributed by atoms with van der Waals surface area (Å²) in [4.78, 5) is 10.2. The maximum atomic E-state index is 5.37. The molecule has 0 aliphatic rings. The Balaban J connectivity index is 1.48. The molecule has 0 N–H and O–H groups in total. The number of pyridine rings is 2. The van der Waals surface area contributed by atoms with Crippen molar-refractivity contribution in [2.45, 2.75) is 0 Å². The zero-order chi connectivity index (χ0) is 26.9. The average molecular weight is 526 g/mol. The van der Waals surface area contributed by atoms with Crippen molar-refractivity contribution < 1.29 is 0 Å². The Morgan fingerprint density at radius 1 is 0.415 bits per heavy atom. The van der Waals surface area contributed by atoms with Gasteiger partial charge >= 0.3 is 0 Å². The lowest BCUT2D eigenvalue weighted by molar-refractivity contribution is 1.00. The second-order valence-corrected chi connectivity index (χ2v) is 10.4. The van der Waals surface area contributed by atoms with Gasteiger partial charge in [0.25, 0.3) is 0 Å². The summed E-state index contributed by atoms with van der Waals surface area (Å²) >= 11 is 0. The van der Waals surface area contributed by atoms with E-state index in [1.807, 2.05) is 18.3 Å². The fourth-order valence-electron chi connectivity index (χ4n) is 6.35. The van der Waals surface area contributed by atoms with Gasteiger partial charge in [-0.1, -0.05) is 72.8 Å². The molecule has 0 atom stereocenters. The third kappa shape index (κ3) is 3.11. The molecule has 0 spiro atoms. The summed E-state index contributed by atoms with van der Waals surface area (Å²) in [7, 11) is 0. The molecule has 4 aromatic carbocycles. The second-order valence-electron chi connectivity index (χ2n) is 10.4. The molecule has 192 valence electrons. The number of rotatable bonds is 3. The molecule has 0 saturated heterocycles. The van der Waals surface area contributed by atoms with Gasteiger partial charge in [0.05, 0.1) is 33.1 Å². The normalized spacial score (nSPS) is 11.9. The fourth-order valence-corrected chi connectivity index (χ4v) is 6.35. The molecule has 0 amide bonds. The van der Waals surface area contributed by atoms with Crippen molar-refractivity contribution in [3.8, 4) is 17.2 Å². The second kappa shape index (κ2) is 8.41. The van der Waals surface area contributed by atoms with Crippen molar-refractivity contribution in [2.75, 3.05) is 0 Å². The van der Waals surface area contributed by atoms with Crippen molar-refractivity contribution in [1.82, 2.24) is 23.7 Å². The van der Waals surface area contributed by atoms with Crippen LogP contribution in [0.5, 0.6) is 0 Å². The molecule has 5 heterocycles. The van der Waals surface area contributed by atoms with Crippen molar-refractivity contribution in [2.24, 2.45) is 0 Å². The zero-order valence-electron chi connectivity index (χ0n) is 22.0. The number of hydrogen-bond donors (Lipinski definition) is 0. The van der Waals surface area contributed by atoms with E-state index < -0.39 is 0 Å². The highest BCUT2D eigenvalue weighted by molar-refractivity contribution is 6.14. The average Bonchev–Trinajstić information content (AvgIpc) is 3.68. The van der Waals surface area contributed by atoms with Gasteiger partial charge < -0.3 is 4.57 Å². The molecule has 9 rings (SSSR count). The molecule has 41 heavy (non-hydrogen) atoms. The van der Waals surface area contributed by atoms with Crippen LogP contribution in [0.15, 0.2) is 140 Å². The van der Waals surface area contributed by atoms with Gasteiger partial charge in [0.15, 0.2) is 0 Å². The molecule has 9 aromatic rings. The SMILES string of the molecule is c1ccc(-n2c(-n3c4ccccc4c4nc5c6ncccc6n(-c6ccccc6)c5cc43)cc3ccccc32)cc1. The highest BCUT2D eigenvalue weighted by Gasteiger charge is 2.22. The zero-order valence-corrected chi connectivity index (χ0v) is 22.0. The maximum Gasteiger partial charge on any atom is 0.123 e. The van der Waals surface area contributed by atoms with Crippen LogP contribution < -0.4 is 0 Å². The van der Waals surface area contributed by atoms with Gasteiger partial charge in [0.2, 0.25) is 0 Å². The third-order valence-corrected chi connectivity index (χ3v) is 8.07. The lowest BCUT2D eigenvalue weighted by atomic mass is 10.2.